The Balaban J connectivity index is 1.82. The fraction of sp³-hybridized carbons (Fsp3) is 0.562. The molecule has 0 spiro atoms. The van der Waals surface area contributed by atoms with Crippen molar-refractivity contribution in [1.29, 1.82) is 0 Å². The van der Waals surface area contributed by atoms with Crippen LogP contribution in [0.25, 0.3) is 0 Å². The molecule has 2 heterocycles. The predicted molar refractivity (Wildman–Crippen MR) is 83.8 cm³/mol. The van der Waals surface area contributed by atoms with Crippen molar-refractivity contribution in [3.63, 3.8) is 0 Å². The molecule has 4 nitrogen and oxygen atoms in total. The average molecular weight is 309 g/mol. The van der Waals surface area contributed by atoms with E-state index in [-0.39, 0.29) is 18.1 Å². The highest BCUT2D eigenvalue weighted by atomic mass is 35.5. The number of hydrogen-bond acceptors (Lipinski definition) is 3. The number of carbonyl (C=O) groups excluding carboxylic acids is 1. The van der Waals surface area contributed by atoms with Gasteiger partial charge in [-0.05, 0) is 57.0 Å². The molecule has 0 bridgehead atoms. The molecule has 0 saturated carbocycles. The van der Waals surface area contributed by atoms with Crippen molar-refractivity contribution >= 4 is 23.2 Å². The van der Waals surface area contributed by atoms with Crippen LogP contribution < -0.4 is 10.2 Å². The molecule has 0 aliphatic carbocycles. The maximum atomic E-state index is 12.2. The maximum Gasteiger partial charge on any atom is 0.253 e. The minimum atomic E-state index is -0.279. The van der Waals surface area contributed by atoms with Gasteiger partial charge < -0.3 is 15.0 Å². The number of ether oxygens (including phenoxy) is 1. The summed E-state index contributed by atoms with van der Waals surface area (Å²) >= 11 is 6.05. The molecule has 1 amide bonds. The summed E-state index contributed by atoms with van der Waals surface area (Å²) in [6.07, 6.45) is 2.18. The van der Waals surface area contributed by atoms with Gasteiger partial charge in [-0.1, -0.05) is 17.7 Å². The highest BCUT2D eigenvalue weighted by molar-refractivity contribution is 6.30. The first-order valence-corrected chi connectivity index (χ1v) is 7.87. The first-order chi connectivity index (χ1) is 10.1. The highest BCUT2D eigenvalue weighted by Crippen LogP contribution is 2.34. The summed E-state index contributed by atoms with van der Waals surface area (Å²) in [4.78, 5) is 14.0. The largest absolute Gasteiger partial charge is 0.363 e. The molecule has 0 aromatic heterocycles. The number of halogens is 1. The van der Waals surface area contributed by atoms with Crippen LogP contribution in [0.4, 0.5) is 5.69 Å². The maximum absolute atomic E-state index is 12.2. The smallest absolute Gasteiger partial charge is 0.253 e. The van der Waals surface area contributed by atoms with Crippen molar-refractivity contribution in [3.05, 3.63) is 29.3 Å². The highest BCUT2D eigenvalue weighted by Gasteiger charge is 2.42. The van der Waals surface area contributed by atoms with Gasteiger partial charge in [-0.3, -0.25) is 4.79 Å². The Morgan fingerprint density at radius 1 is 1.38 bits per heavy atom. The molecular formula is C16H21ClN2O2. The predicted octanol–water partition coefficient (Wildman–Crippen LogP) is 2.46. The van der Waals surface area contributed by atoms with Gasteiger partial charge in [0.25, 0.3) is 5.91 Å². The third-order valence-electron chi connectivity index (χ3n) is 4.62. The number of carbonyl (C=O) groups is 1. The summed E-state index contributed by atoms with van der Waals surface area (Å²) in [5.41, 5.74) is 0.578. The third kappa shape index (κ3) is 3.07. The van der Waals surface area contributed by atoms with Crippen LogP contribution in [0.3, 0.4) is 0 Å². The normalized spacial score (nSPS) is 27.9. The van der Waals surface area contributed by atoms with Crippen molar-refractivity contribution in [2.24, 2.45) is 5.92 Å². The van der Waals surface area contributed by atoms with Crippen LogP contribution in [0.2, 0.25) is 5.02 Å². The molecule has 1 aromatic carbocycles. The van der Waals surface area contributed by atoms with Crippen LogP contribution in [-0.2, 0) is 9.53 Å². The van der Waals surface area contributed by atoms with Gasteiger partial charge in [0.05, 0.1) is 12.1 Å². The second kappa shape index (κ2) is 5.95. The number of anilines is 1. The fourth-order valence-corrected chi connectivity index (χ4v) is 3.50. The Morgan fingerprint density at radius 2 is 2.14 bits per heavy atom. The SMILES string of the molecule is CC1(C2CCNCC2)CN(c2cccc(Cl)c2)C(=O)CO1. The minimum absolute atomic E-state index is 0.00340. The summed E-state index contributed by atoms with van der Waals surface area (Å²) in [7, 11) is 0. The zero-order chi connectivity index (χ0) is 14.9. The lowest BCUT2D eigenvalue weighted by molar-refractivity contribution is -0.144. The van der Waals surface area contributed by atoms with Gasteiger partial charge in [-0.2, -0.15) is 0 Å². The average Bonchev–Trinajstić information content (AvgIpc) is 2.51. The van der Waals surface area contributed by atoms with Crippen LogP contribution >= 0.6 is 11.6 Å². The molecule has 1 atom stereocenters. The van der Waals surface area contributed by atoms with Crippen molar-refractivity contribution < 1.29 is 9.53 Å². The van der Waals surface area contributed by atoms with Crippen molar-refractivity contribution in [1.82, 2.24) is 5.32 Å². The molecule has 2 aliphatic heterocycles. The number of nitrogens with one attached hydrogen (secondary N) is 1. The summed E-state index contributed by atoms with van der Waals surface area (Å²) in [5, 5.41) is 4.03. The molecule has 114 valence electrons. The second-order valence-electron chi connectivity index (χ2n) is 6.09. The Labute approximate surface area is 130 Å². The zero-order valence-electron chi connectivity index (χ0n) is 12.3. The zero-order valence-corrected chi connectivity index (χ0v) is 13.0. The fourth-order valence-electron chi connectivity index (χ4n) is 3.31. The van der Waals surface area contributed by atoms with Gasteiger partial charge in [0.2, 0.25) is 0 Å². The number of amides is 1. The number of hydrogen-bond donors (Lipinski definition) is 1. The topological polar surface area (TPSA) is 41.6 Å². The molecule has 2 saturated heterocycles. The molecule has 2 fully saturated rings. The number of benzene rings is 1. The summed E-state index contributed by atoms with van der Waals surface area (Å²) in [5.74, 6) is 0.484. The van der Waals surface area contributed by atoms with Gasteiger partial charge >= 0.3 is 0 Å². The van der Waals surface area contributed by atoms with Crippen molar-refractivity contribution in [2.75, 3.05) is 31.1 Å². The molecule has 1 unspecified atom stereocenters. The number of rotatable bonds is 2. The van der Waals surface area contributed by atoms with E-state index in [0.29, 0.717) is 17.5 Å². The van der Waals surface area contributed by atoms with E-state index in [1.165, 1.54) is 0 Å². The molecule has 2 aliphatic rings. The van der Waals surface area contributed by atoms with E-state index in [4.69, 9.17) is 16.3 Å². The monoisotopic (exact) mass is 308 g/mol. The molecule has 3 rings (SSSR count). The summed E-state index contributed by atoms with van der Waals surface area (Å²) in [6.45, 7) is 4.92. The van der Waals surface area contributed by atoms with Gasteiger partial charge in [0.1, 0.15) is 6.61 Å². The van der Waals surface area contributed by atoms with Crippen LogP contribution in [-0.4, -0.2) is 37.7 Å². The van der Waals surface area contributed by atoms with Crippen molar-refractivity contribution in [2.45, 2.75) is 25.4 Å². The summed E-state index contributed by atoms with van der Waals surface area (Å²) in [6, 6.07) is 7.47. The second-order valence-corrected chi connectivity index (χ2v) is 6.52. The first kappa shape index (κ1) is 14.8. The minimum Gasteiger partial charge on any atom is -0.363 e. The molecule has 5 heteroatoms. The standard InChI is InChI=1S/C16H21ClN2O2/c1-16(12-5-7-18-8-6-12)11-19(15(20)10-21-16)14-4-2-3-13(17)9-14/h2-4,9,12,18H,5-8,10-11H2,1H3. The van der Waals surface area contributed by atoms with Gasteiger partial charge in [0.15, 0.2) is 0 Å². The van der Waals surface area contributed by atoms with Gasteiger partial charge in [-0.15, -0.1) is 0 Å². The van der Waals surface area contributed by atoms with E-state index >= 15 is 0 Å². The van der Waals surface area contributed by atoms with E-state index in [0.717, 1.165) is 31.6 Å². The number of nitrogens with zero attached hydrogens (tertiary/aromatic N) is 1. The van der Waals surface area contributed by atoms with Gasteiger partial charge in [0, 0.05) is 10.7 Å². The number of morpholine rings is 1. The molecular weight excluding hydrogens is 288 g/mol. The van der Waals surface area contributed by atoms with E-state index in [1.807, 2.05) is 29.2 Å². The molecule has 1 aromatic rings. The third-order valence-corrected chi connectivity index (χ3v) is 4.86. The van der Waals surface area contributed by atoms with Crippen LogP contribution in [0.5, 0.6) is 0 Å². The molecule has 1 N–H and O–H groups in total. The first-order valence-electron chi connectivity index (χ1n) is 7.49. The number of piperidine rings is 1. The lowest BCUT2D eigenvalue weighted by Gasteiger charge is -2.46. The Morgan fingerprint density at radius 3 is 2.86 bits per heavy atom. The Bertz CT molecular complexity index is 531. The van der Waals surface area contributed by atoms with E-state index in [1.54, 1.807) is 0 Å². The van der Waals surface area contributed by atoms with Crippen LogP contribution in [0.15, 0.2) is 24.3 Å². The summed E-state index contributed by atoms with van der Waals surface area (Å²) < 4.78 is 5.95. The molecule has 21 heavy (non-hydrogen) atoms. The van der Waals surface area contributed by atoms with E-state index < -0.39 is 0 Å². The van der Waals surface area contributed by atoms with E-state index in [9.17, 15) is 4.79 Å². The lowest BCUT2D eigenvalue weighted by Crippen LogP contribution is -2.58. The molecule has 0 radical (unpaired) electrons. The van der Waals surface area contributed by atoms with Crippen LogP contribution in [0.1, 0.15) is 19.8 Å². The van der Waals surface area contributed by atoms with Gasteiger partial charge in [-0.25, -0.2) is 0 Å². The Kier molecular flexibility index (Phi) is 4.20. The van der Waals surface area contributed by atoms with Crippen molar-refractivity contribution in [3.8, 4) is 0 Å². The van der Waals surface area contributed by atoms with E-state index in [2.05, 4.69) is 12.2 Å². The van der Waals surface area contributed by atoms with Crippen LogP contribution in [0, 0.1) is 5.92 Å². The lowest BCUT2D eigenvalue weighted by atomic mass is 9.81. The Hall–Kier alpha value is -1.10. The quantitative estimate of drug-likeness (QED) is 0.912.